The molecule has 0 unspecified atom stereocenters. The molecule has 0 amide bonds. The van der Waals surface area contributed by atoms with Crippen molar-refractivity contribution in [1.29, 1.82) is 5.26 Å². The zero-order chi connectivity index (χ0) is 10.1. The molecule has 0 aliphatic rings. The first-order valence-corrected chi connectivity index (χ1v) is 4.40. The van der Waals surface area contributed by atoms with Crippen molar-refractivity contribution in [3.63, 3.8) is 0 Å². The summed E-state index contributed by atoms with van der Waals surface area (Å²) in [6, 6.07) is 6.06. The van der Waals surface area contributed by atoms with E-state index in [0.29, 0.717) is 0 Å². The van der Waals surface area contributed by atoms with E-state index in [4.69, 9.17) is 5.26 Å². The second kappa shape index (κ2) is 3.11. The van der Waals surface area contributed by atoms with Crippen LogP contribution in [0.1, 0.15) is 11.1 Å². The number of benzene rings is 1. The van der Waals surface area contributed by atoms with Crippen LogP contribution in [0.25, 0.3) is 11.0 Å². The number of rotatable bonds is 1. The van der Waals surface area contributed by atoms with E-state index in [9.17, 15) is 0 Å². The van der Waals surface area contributed by atoms with Gasteiger partial charge in [-0.1, -0.05) is 5.21 Å². The third kappa shape index (κ3) is 1.23. The monoisotopic (exact) mass is 186 g/mol. The van der Waals surface area contributed by atoms with Crippen LogP contribution in [0.4, 0.5) is 0 Å². The number of aromatic nitrogens is 3. The van der Waals surface area contributed by atoms with Gasteiger partial charge in [0.1, 0.15) is 12.1 Å². The molecule has 4 nitrogen and oxygen atoms in total. The number of hydrogen-bond acceptors (Lipinski definition) is 3. The molecule has 0 saturated carbocycles. The third-order valence-corrected chi connectivity index (χ3v) is 2.35. The Morgan fingerprint density at radius 1 is 1.36 bits per heavy atom. The molecule has 0 saturated heterocycles. The lowest BCUT2D eigenvalue weighted by Crippen LogP contribution is -1.97. The quantitative estimate of drug-likeness (QED) is 0.679. The zero-order valence-corrected chi connectivity index (χ0v) is 8.15. The van der Waals surface area contributed by atoms with Gasteiger partial charge in [0.25, 0.3) is 0 Å². The van der Waals surface area contributed by atoms with Crippen LogP contribution in [0, 0.1) is 25.2 Å². The zero-order valence-electron chi connectivity index (χ0n) is 8.15. The molecule has 70 valence electrons. The van der Waals surface area contributed by atoms with Crippen LogP contribution in [0.2, 0.25) is 0 Å². The van der Waals surface area contributed by atoms with E-state index in [0.717, 1.165) is 11.0 Å². The van der Waals surface area contributed by atoms with Gasteiger partial charge in [-0.25, -0.2) is 4.68 Å². The van der Waals surface area contributed by atoms with Crippen LogP contribution in [0.3, 0.4) is 0 Å². The van der Waals surface area contributed by atoms with Crippen molar-refractivity contribution in [3.05, 3.63) is 23.3 Å². The number of aryl methyl sites for hydroxylation is 2. The minimum atomic E-state index is 0.249. The van der Waals surface area contributed by atoms with Crippen molar-refractivity contribution in [2.75, 3.05) is 0 Å². The van der Waals surface area contributed by atoms with Crippen molar-refractivity contribution < 1.29 is 0 Å². The Balaban J connectivity index is 2.69. The number of fused-ring (bicyclic) bond motifs is 1. The average molecular weight is 186 g/mol. The van der Waals surface area contributed by atoms with Crippen LogP contribution >= 0.6 is 0 Å². The number of nitriles is 1. The molecule has 0 spiro atoms. The van der Waals surface area contributed by atoms with Crippen LogP contribution in [-0.2, 0) is 6.54 Å². The summed E-state index contributed by atoms with van der Waals surface area (Å²) in [6.45, 7) is 4.33. The SMILES string of the molecule is Cc1cc2nnn(CC#N)c2cc1C. The first-order chi connectivity index (χ1) is 6.72. The summed E-state index contributed by atoms with van der Waals surface area (Å²) >= 11 is 0. The van der Waals surface area contributed by atoms with Crippen LogP contribution in [0.5, 0.6) is 0 Å². The van der Waals surface area contributed by atoms with E-state index in [1.165, 1.54) is 11.1 Å². The highest BCUT2D eigenvalue weighted by Gasteiger charge is 2.05. The lowest BCUT2D eigenvalue weighted by molar-refractivity contribution is 0.689. The van der Waals surface area contributed by atoms with Crippen molar-refractivity contribution in [1.82, 2.24) is 15.0 Å². The van der Waals surface area contributed by atoms with Gasteiger partial charge >= 0.3 is 0 Å². The highest BCUT2D eigenvalue weighted by atomic mass is 15.4. The normalized spacial score (nSPS) is 10.4. The molecule has 2 aromatic rings. The third-order valence-electron chi connectivity index (χ3n) is 2.35. The molecule has 0 aliphatic heterocycles. The Labute approximate surface area is 81.8 Å². The van der Waals surface area contributed by atoms with E-state index in [1.54, 1.807) is 4.68 Å². The van der Waals surface area contributed by atoms with Crippen molar-refractivity contribution in [3.8, 4) is 6.07 Å². The maximum atomic E-state index is 8.58. The molecule has 1 aromatic heterocycles. The molecular weight excluding hydrogens is 176 g/mol. The molecule has 14 heavy (non-hydrogen) atoms. The maximum absolute atomic E-state index is 8.58. The molecule has 1 heterocycles. The summed E-state index contributed by atoms with van der Waals surface area (Å²) in [4.78, 5) is 0. The molecule has 0 N–H and O–H groups in total. The molecule has 0 atom stereocenters. The smallest absolute Gasteiger partial charge is 0.130 e. The van der Waals surface area contributed by atoms with Crippen LogP contribution in [0.15, 0.2) is 12.1 Å². The lowest BCUT2D eigenvalue weighted by Gasteiger charge is -1.99. The van der Waals surface area contributed by atoms with Gasteiger partial charge in [-0.15, -0.1) is 5.10 Å². The summed E-state index contributed by atoms with van der Waals surface area (Å²) in [5.41, 5.74) is 4.17. The van der Waals surface area contributed by atoms with E-state index >= 15 is 0 Å². The minimum absolute atomic E-state index is 0.249. The summed E-state index contributed by atoms with van der Waals surface area (Å²) in [6.07, 6.45) is 0. The second-order valence-electron chi connectivity index (χ2n) is 3.33. The Hall–Kier alpha value is -1.89. The Kier molecular flexibility index (Phi) is 1.93. The van der Waals surface area contributed by atoms with Gasteiger partial charge in [0.05, 0.1) is 11.6 Å². The van der Waals surface area contributed by atoms with E-state index < -0.39 is 0 Å². The molecule has 1 aromatic carbocycles. The molecule has 0 radical (unpaired) electrons. The van der Waals surface area contributed by atoms with Crippen molar-refractivity contribution >= 4 is 11.0 Å². The number of nitrogens with zero attached hydrogens (tertiary/aromatic N) is 4. The molecule has 2 rings (SSSR count). The first-order valence-electron chi connectivity index (χ1n) is 4.40. The minimum Gasteiger partial charge on any atom is -0.230 e. The fourth-order valence-corrected chi connectivity index (χ4v) is 1.41. The van der Waals surface area contributed by atoms with Crippen LogP contribution in [-0.4, -0.2) is 15.0 Å². The van der Waals surface area contributed by atoms with Crippen LogP contribution < -0.4 is 0 Å². The summed E-state index contributed by atoms with van der Waals surface area (Å²) < 4.78 is 1.61. The molecule has 0 bridgehead atoms. The van der Waals surface area contributed by atoms with Gasteiger partial charge in [-0.2, -0.15) is 5.26 Å². The average Bonchev–Trinajstić information content (AvgIpc) is 2.51. The predicted molar refractivity (Wildman–Crippen MR) is 52.6 cm³/mol. The Bertz CT molecular complexity index is 519. The Morgan fingerprint density at radius 2 is 2.07 bits per heavy atom. The number of hydrogen-bond donors (Lipinski definition) is 0. The highest BCUT2D eigenvalue weighted by molar-refractivity contribution is 5.76. The highest BCUT2D eigenvalue weighted by Crippen LogP contribution is 2.16. The molecule has 0 aliphatic carbocycles. The molecule has 4 heteroatoms. The van der Waals surface area contributed by atoms with Gasteiger partial charge < -0.3 is 0 Å². The van der Waals surface area contributed by atoms with E-state index in [-0.39, 0.29) is 6.54 Å². The topological polar surface area (TPSA) is 54.5 Å². The van der Waals surface area contributed by atoms with Gasteiger partial charge in [0.15, 0.2) is 0 Å². The summed E-state index contributed by atoms with van der Waals surface area (Å²) in [5.74, 6) is 0. The second-order valence-corrected chi connectivity index (χ2v) is 3.33. The van der Waals surface area contributed by atoms with Gasteiger partial charge in [0.2, 0.25) is 0 Å². The maximum Gasteiger partial charge on any atom is 0.130 e. The van der Waals surface area contributed by atoms with Crippen molar-refractivity contribution in [2.24, 2.45) is 0 Å². The van der Waals surface area contributed by atoms with E-state index in [2.05, 4.69) is 16.4 Å². The standard InChI is InChI=1S/C10H10N4/c1-7-5-9-10(6-8(7)2)14(4-3-11)13-12-9/h5-6H,4H2,1-2H3. The molecular formula is C10H10N4. The predicted octanol–water partition coefficient (Wildman–Crippen LogP) is 1.57. The first kappa shape index (κ1) is 8.70. The fraction of sp³-hybridized carbons (Fsp3) is 0.300. The van der Waals surface area contributed by atoms with Gasteiger partial charge in [0, 0.05) is 0 Å². The largest absolute Gasteiger partial charge is 0.230 e. The summed E-state index contributed by atoms with van der Waals surface area (Å²) in [7, 11) is 0. The fourth-order valence-electron chi connectivity index (χ4n) is 1.41. The molecule has 0 fully saturated rings. The van der Waals surface area contributed by atoms with Gasteiger partial charge in [-0.3, -0.25) is 0 Å². The lowest BCUT2D eigenvalue weighted by atomic mass is 10.1. The van der Waals surface area contributed by atoms with Gasteiger partial charge in [-0.05, 0) is 37.1 Å². The summed E-state index contributed by atoms with van der Waals surface area (Å²) in [5, 5.41) is 16.5. The Morgan fingerprint density at radius 3 is 2.79 bits per heavy atom. The van der Waals surface area contributed by atoms with E-state index in [1.807, 2.05) is 26.0 Å². The van der Waals surface area contributed by atoms with Crippen molar-refractivity contribution in [2.45, 2.75) is 20.4 Å².